The highest BCUT2D eigenvalue weighted by Gasteiger charge is 2.22. The number of hydrogen-bond acceptors (Lipinski definition) is 4. The number of aryl methyl sites for hydroxylation is 1. The second-order valence-electron chi connectivity index (χ2n) is 5.96. The zero-order valence-electron chi connectivity index (χ0n) is 12.9. The standard InChI is InChI=1S/C16H23N3O2/c1-11(2)7-17-8-13-4-5-14(6-12(13)3)19-9-15(20)18-16(21)10-19/h4-6,11,17H,7-10H2,1-3H3,(H,18,20,21). The topological polar surface area (TPSA) is 61.4 Å². The molecule has 0 aliphatic carbocycles. The van der Waals surface area contributed by atoms with Gasteiger partial charge in [0.05, 0.1) is 13.1 Å². The summed E-state index contributed by atoms with van der Waals surface area (Å²) in [7, 11) is 0. The number of carbonyl (C=O) groups is 2. The Hall–Kier alpha value is -1.88. The molecule has 5 nitrogen and oxygen atoms in total. The molecule has 0 aromatic heterocycles. The Morgan fingerprint density at radius 2 is 1.90 bits per heavy atom. The normalized spacial score (nSPS) is 15.5. The third-order valence-electron chi connectivity index (χ3n) is 3.51. The number of rotatable bonds is 5. The maximum Gasteiger partial charge on any atom is 0.246 e. The summed E-state index contributed by atoms with van der Waals surface area (Å²) in [6.07, 6.45) is 0. The van der Waals surface area contributed by atoms with Crippen molar-refractivity contribution in [3.05, 3.63) is 29.3 Å². The van der Waals surface area contributed by atoms with E-state index in [2.05, 4.69) is 37.5 Å². The van der Waals surface area contributed by atoms with Gasteiger partial charge in [0.2, 0.25) is 11.8 Å². The number of carbonyl (C=O) groups excluding carboxylic acids is 2. The Morgan fingerprint density at radius 3 is 2.48 bits per heavy atom. The Bertz CT molecular complexity index is 524. The number of piperazine rings is 1. The number of nitrogens with one attached hydrogen (secondary N) is 2. The summed E-state index contributed by atoms with van der Waals surface area (Å²) in [5.41, 5.74) is 3.33. The molecule has 0 unspecified atom stereocenters. The van der Waals surface area contributed by atoms with E-state index in [0.717, 1.165) is 18.8 Å². The van der Waals surface area contributed by atoms with Crippen molar-refractivity contribution >= 4 is 17.5 Å². The molecule has 1 aromatic rings. The molecule has 1 aliphatic heterocycles. The van der Waals surface area contributed by atoms with E-state index in [1.807, 2.05) is 12.1 Å². The van der Waals surface area contributed by atoms with Gasteiger partial charge >= 0.3 is 0 Å². The van der Waals surface area contributed by atoms with Crippen LogP contribution in [-0.4, -0.2) is 31.4 Å². The van der Waals surface area contributed by atoms with Crippen LogP contribution in [0.3, 0.4) is 0 Å². The Morgan fingerprint density at radius 1 is 1.24 bits per heavy atom. The van der Waals surface area contributed by atoms with Crippen molar-refractivity contribution in [3.63, 3.8) is 0 Å². The van der Waals surface area contributed by atoms with E-state index in [1.54, 1.807) is 4.90 Å². The van der Waals surface area contributed by atoms with Gasteiger partial charge in [-0.1, -0.05) is 19.9 Å². The number of nitrogens with zero attached hydrogens (tertiary/aromatic N) is 1. The van der Waals surface area contributed by atoms with E-state index < -0.39 is 0 Å². The third kappa shape index (κ3) is 4.29. The largest absolute Gasteiger partial charge is 0.353 e. The molecule has 1 fully saturated rings. The SMILES string of the molecule is Cc1cc(N2CC(=O)NC(=O)C2)ccc1CNCC(C)C. The highest BCUT2D eigenvalue weighted by molar-refractivity contribution is 6.02. The van der Waals surface area contributed by atoms with Gasteiger partial charge < -0.3 is 10.2 Å². The van der Waals surface area contributed by atoms with E-state index >= 15 is 0 Å². The maximum absolute atomic E-state index is 11.4. The molecule has 2 N–H and O–H groups in total. The molecule has 5 heteroatoms. The Labute approximate surface area is 125 Å². The summed E-state index contributed by atoms with van der Waals surface area (Å²) < 4.78 is 0. The van der Waals surface area contributed by atoms with Crippen molar-refractivity contribution < 1.29 is 9.59 Å². The lowest BCUT2D eigenvalue weighted by atomic mass is 10.1. The van der Waals surface area contributed by atoms with Crippen LogP contribution in [0.15, 0.2) is 18.2 Å². The first-order valence-electron chi connectivity index (χ1n) is 7.33. The molecule has 1 saturated heterocycles. The van der Waals surface area contributed by atoms with E-state index in [-0.39, 0.29) is 24.9 Å². The smallest absolute Gasteiger partial charge is 0.246 e. The van der Waals surface area contributed by atoms with Crippen LogP contribution in [0.25, 0.3) is 0 Å². The summed E-state index contributed by atoms with van der Waals surface area (Å²) in [6, 6.07) is 6.08. The van der Waals surface area contributed by atoms with Gasteiger partial charge in [0.1, 0.15) is 0 Å². The van der Waals surface area contributed by atoms with Crippen LogP contribution in [0.2, 0.25) is 0 Å². The second kappa shape index (κ2) is 6.72. The molecule has 114 valence electrons. The van der Waals surface area contributed by atoms with Crippen LogP contribution in [0.4, 0.5) is 5.69 Å². The van der Waals surface area contributed by atoms with Crippen molar-refractivity contribution in [3.8, 4) is 0 Å². The Balaban J connectivity index is 2.04. The van der Waals surface area contributed by atoms with Crippen molar-refractivity contribution in [1.29, 1.82) is 0 Å². The van der Waals surface area contributed by atoms with Crippen LogP contribution in [0.1, 0.15) is 25.0 Å². The molecule has 0 radical (unpaired) electrons. The van der Waals surface area contributed by atoms with Crippen LogP contribution in [0, 0.1) is 12.8 Å². The molecular weight excluding hydrogens is 266 g/mol. The highest BCUT2D eigenvalue weighted by Crippen LogP contribution is 2.20. The fraction of sp³-hybridized carbons (Fsp3) is 0.500. The van der Waals surface area contributed by atoms with Crippen LogP contribution < -0.4 is 15.5 Å². The van der Waals surface area contributed by atoms with E-state index in [1.165, 1.54) is 11.1 Å². The molecule has 1 heterocycles. The fourth-order valence-electron chi connectivity index (χ4n) is 2.39. The minimum atomic E-state index is -0.244. The molecule has 0 spiro atoms. The average molecular weight is 289 g/mol. The summed E-state index contributed by atoms with van der Waals surface area (Å²) in [5.74, 6) is 0.139. The van der Waals surface area contributed by atoms with Gasteiger partial charge in [0, 0.05) is 12.2 Å². The predicted octanol–water partition coefficient (Wildman–Crippen LogP) is 1.20. The summed E-state index contributed by atoms with van der Waals surface area (Å²) in [5, 5.41) is 5.74. The van der Waals surface area contributed by atoms with Crippen molar-refractivity contribution in [1.82, 2.24) is 10.6 Å². The molecule has 2 amide bonds. The van der Waals surface area contributed by atoms with Crippen molar-refractivity contribution in [2.45, 2.75) is 27.3 Å². The lowest BCUT2D eigenvalue weighted by Gasteiger charge is -2.28. The predicted molar refractivity (Wildman–Crippen MR) is 83.1 cm³/mol. The van der Waals surface area contributed by atoms with Crippen molar-refractivity contribution in [2.75, 3.05) is 24.5 Å². The molecule has 0 bridgehead atoms. The number of imide groups is 1. The first-order valence-corrected chi connectivity index (χ1v) is 7.33. The van der Waals surface area contributed by atoms with Gasteiger partial charge in [0.15, 0.2) is 0 Å². The van der Waals surface area contributed by atoms with Crippen molar-refractivity contribution in [2.24, 2.45) is 5.92 Å². The lowest BCUT2D eigenvalue weighted by Crippen LogP contribution is -2.51. The second-order valence-corrected chi connectivity index (χ2v) is 5.96. The lowest BCUT2D eigenvalue weighted by molar-refractivity contribution is -0.130. The van der Waals surface area contributed by atoms with Crippen LogP contribution in [0.5, 0.6) is 0 Å². The molecule has 2 rings (SSSR count). The van der Waals surface area contributed by atoms with Gasteiger partial charge in [0.25, 0.3) is 0 Å². The van der Waals surface area contributed by atoms with Gasteiger partial charge in [-0.25, -0.2) is 0 Å². The minimum Gasteiger partial charge on any atom is -0.353 e. The first kappa shape index (κ1) is 15.5. The zero-order chi connectivity index (χ0) is 15.4. The maximum atomic E-state index is 11.4. The Kier molecular flexibility index (Phi) is 4.96. The molecular formula is C16H23N3O2. The molecule has 1 aromatic carbocycles. The van der Waals surface area contributed by atoms with Gasteiger partial charge in [-0.2, -0.15) is 0 Å². The number of amides is 2. The third-order valence-corrected chi connectivity index (χ3v) is 3.51. The molecule has 0 atom stereocenters. The average Bonchev–Trinajstić information content (AvgIpc) is 2.39. The van der Waals surface area contributed by atoms with Gasteiger partial charge in [-0.15, -0.1) is 0 Å². The van der Waals surface area contributed by atoms with Gasteiger partial charge in [-0.3, -0.25) is 14.9 Å². The number of benzene rings is 1. The molecule has 0 saturated carbocycles. The van der Waals surface area contributed by atoms with E-state index in [0.29, 0.717) is 5.92 Å². The number of anilines is 1. The molecule has 1 aliphatic rings. The van der Waals surface area contributed by atoms with Crippen LogP contribution >= 0.6 is 0 Å². The van der Waals surface area contributed by atoms with Crippen LogP contribution in [-0.2, 0) is 16.1 Å². The minimum absolute atomic E-state index is 0.232. The molecule has 21 heavy (non-hydrogen) atoms. The summed E-state index contributed by atoms with van der Waals surface area (Å²) in [4.78, 5) is 24.7. The summed E-state index contributed by atoms with van der Waals surface area (Å²) >= 11 is 0. The van der Waals surface area contributed by atoms with E-state index in [4.69, 9.17) is 0 Å². The summed E-state index contributed by atoms with van der Waals surface area (Å²) in [6.45, 7) is 8.71. The quantitative estimate of drug-likeness (QED) is 0.800. The highest BCUT2D eigenvalue weighted by atomic mass is 16.2. The van der Waals surface area contributed by atoms with Gasteiger partial charge in [-0.05, 0) is 42.6 Å². The van der Waals surface area contributed by atoms with E-state index in [9.17, 15) is 9.59 Å². The zero-order valence-corrected chi connectivity index (χ0v) is 12.9. The fourth-order valence-corrected chi connectivity index (χ4v) is 2.39. The first-order chi connectivity index (χ1) is 9.95. The monoisotopic (exact) mass is 289 g/mol. The number of hydrogen-bond donors (Lipinski definition) is 2.